The summed E-state index contributed by atoms with van der Waals surface area (Å²) < 4.78 is 0. The van der Waals surface area contributed by atoms with Crippen LogP contribution in [-0.2, 0) is 9.59 Å². The highest BCUT2D eigenvalue weighted by atomic mass is 16.2. The molecule has 0 aliphatic heterocycles. The second-order valence-electron chi connectivity index (χ2n) is 6.90. The van der Waals surface area contributed by atoms with Gasteiger partial charge in [-0.05, 0) is 18.8 Å². The largest absolute Gasteiger partial charge is 0.356 e. The third kappa shape index (κ3) is 6.92. The second kappa shape index (κ2) is 8.28. The van der Waals surface area contributed by atoms with Gasteiger partial charge in [0.1, 0.15) is 0 Å². The SMILES string of the molecule is CC(C)(C)C(=O)NCCC(=O)NCCCC1CCCC1. The Labute approximate surface area is 123 Å². The normalized spacial score (nSPS) is 16.1. The van der Waals surface area contributed by atoms with Crippen LogP contribution in [0, 0.1) is 11.3 Å². The van der Waals surface area contributed by atoms with Crippen LogP contribution in [0.25, 0.3) is 0 Å². The molecule has 0 saturated heterocycles. The lowest BCUT2D eigenvalue weighted by Gasteiger charge is -2.17. The van der Waals surface area contributed by atoms with E-state index in [4.69, 9.17) is 0 Å². The second-order valence-corrected chi connectivity index (χ2v) is 6.90. The van der Waals surface area contributed by atoms with E-state index in [1.807, 2.05) is 20.8 Å². The molecule has 0 aromatic rings. The third-order valence-electron chi connectivity index (χ3n) is 3.90. The first kappa shape index (κ1) is 17.0. The van der Waals surface area contributed by atoms with Crippen LogP contribution in [0.3, 0.4) is 0 Å². The van der Waals surface area contributed by atoms with Crippen LogP contribution in [0.2, 0.25) is 0 Å². The fourth-order valence-corrected chi connectivity index (χ4v) is 2.56. The molecular formula is C16H30N2O2. The maximum atomic E-state index is 11.6. The lowest BCUT2D eigenvalue weighted by molar-refractivity contribution is -0.128. The molecule has 0 aromatic heterocycles. The lowest BCUT2D eigenvalue weighted by atomic mass is 9.96. The summed E-state index contributed by atoms with van der Waals surface area (Å²) in [7, 11) is 0. The first-order valence-corrected chi connectivity index (χ1v) is 7.94. The first-order valence-electron chi connectivity index (χ1n) is 7.94. The van der Waals surface area contributed by atoms with Gasteiger partial charge in [-0.3, -0.25) is 9.59 Å². The Hall–Kier alpha value is -1.06. The Kier molecular flexibility index (Phi) is 7.03. The van der Waals surface area contributed by atoms with Crippen molar-refractivity contribution in [2.45, 2.75) is 65.7 Å². The summed E-state index contributed by atoms with van der Waals surface area (Å²) >= 11 is 0. The van der Waals surface area contributed by atoms with Crippen molar-refractivity contribution in [3.8, 4) is 0 Å². The standard InChI is InChI=1S/C16H30N2O2/c1-16(2,3)15(20)18-12-10-14(19)17-11-6-9-13-7-4-5-8-13/h13H,4-12H2,1-3H3,(H,17,19)(H,18,20). The van der Waals surface area contributed by atoms with Gasteiger partial charge in [0, 0.05) is 24.9 Å². The number of hydrogen-bond acceptors (Lipinski definition) is 2. The molecule has 2 amide bonds. The van der Waals surface area contributed by atoms with E-state index in [-0.39, 0.29) is 11.8 Å². The molecule has 1 saturated carbocycles. The zero-order valence-electron chi connectivity index (χ0n) is 13.3. The fourth-order valence-electron chi connectivity index (χ4n) is 2.56. The molecule has 0 atom stereocenters. The molecule has 4 nitrogen and oxygen atoms in total. The summed E-state index contributed by atoms with van der Waals surface area (Å²) in [6.45, 7) is 6.79. The van der Waals surface area contributed by atoms with Crippen LogP contribution in [0.15, 0.2) is 0 Å². The molecule has 1 fully saturated rings. The van der Waals surface area contributed by atoms with Gasteiger partial charge in [0.25, 0.3) is 0 Å². The number of carbonyl (C=O) groups is 2. The highest BCUT2D eigenvalue weighted by Crippen LogP contribution is 2.28. The zero-order chi connectivity index (χ0) is 15.0. The molecular weight excluding hydrogens is 252 g/mol. The molecule has 1 rings (SSSR count). The van der Waals surface area contributed by atoms with E-state index in [0.717, 1.165) is 18.9 Å². The molecule has 0 spiro atoms. The van der Waals surface area contributed by atoms with Gasteiger partial charge in [-0.1, -0.05) is 46.5 Å². The smallest absolute Gasteiger partial charge is 0.225 e. The van der Waals surface area contributed by atoms with E-state index in [1.165, 1.54) is 32.1 Å². The molecule has 0 bridgehead atoms. The highest BCUT2D eigenvalue weighted by molar-refractivity contribution is 5.82. The number of carbonyl (C=O) groups excluding carboxylic acids is 2. The van der Waals surface area contributed by atoms with E-state index in [1.54, 1.807) is 0 Å². The van der Waals surface area contributed by atoms with E-state index in [9.17, 15) is 9.59 Å². The molecule has 4 heteroatoms. The molecule has 0 aromatic carbocycles. The minimum atomic E-state index is -0.391. The van der Waals surface area contributed by atoms with Crippen LogP contribution in [0.4, 0.5) is 0 Å². The van der Waals surface area contributed by atoms with Gasteiger partial charge in [0.15, 0.2) is 0 Å². The quantitative estimate of drug-likeness (QED) is 0.705. The lowest BCUT2D eigenvalue weighted by Crippen LogP contribution is -2.37. The van der Waals surface area contributed by atoms with Crippen molar-refractivity contribution in [2.24, 2.45) is 11.3 Å². The van der Waals surface area contributed by atoms with Gasteiger partial charge in [0.2, 0.25) is 11.8 Å². The maximum absolute atomic E-state index is 11.6. The Morgan fingerprint density at radius 2 is 1.70 bits per heavy atom. The Balaban J connectivity index is 1.98. The first-order chi connectivity index (χ1) is 9.39. The van der Waals surface area contributed by atoms with E-state index < -0.39 is 5.41 Å². The van der Waals surface area contributed by atoms with Gasteiger partial charge in [-0.25, -0.2) is 0 Å². The van der Waals surface area contributed by atoms with Crippen molar-refractivity contribution in [1.29, 1.82) is 0 Å². The summed E-state index contributed by atoms with van der Waals surface area (Å²) in [5.41, 5.74) is -0.391. The predicted molar refractivity (Wildman–Crippen MR) is 81.3 cm³/mol. The maximum Gasteiger partial charge on any atom is 0.225 e. The predicted octanol–water partition coefficient (Wildman–Crippen LogP) is 2.63. The van der Waals surface area contributed by atoms with Gasteiger partial charge in [-0.15, -0.1) is 0 Å². The summed E-state index contributed by atoms with van der Waals surface area (Å²) in [5.74, 6) is 0.912. The van der Waals surface area contributed by atoms with E-state index in [0.29, 0.717) is 13.0 Å². The van der Waals surface area contributed by atoms with Crippen LogP contribution < -0.4 is 10.6 Å². The molecule has 20 heavy (non-hydrogen) atoms. The molecule has 116 valence electrons. The Morgan fingerprint density at radius 1 is 1.05 bits per heavy atom. The number of nitrogens with one attached hydrogen (secondary N) is 2. The fraction of sp³-hybridized carbons (Fsp3) is 0.875. The van der Waals surface area contributed by atoms with Crippen LogP contribution >= 0.6 is 0 Å². The number of hydrogen-bond donors (Lipinski definition) is 2. The molecule has 1 aliphatic rings. The highest BCUT2D eigenvalue weighted by Gasteiger charge is 2.20. The molecule has 1 aliphatic carbocycles. The average molecular weight is 282 g/mol. The van der Waals surface area contributed by atoms with E-state index in [2.05, 4.69) is 10.6 Å². The zero-order valence-corrected chi connectivity index (χ0v) is 13.3. The molecule has 0 heterocycles. The molecule has 0 unspecified atom stereocenters. The summed E-state index contributed by atoms with van der Waals surface area (Å²) in [6, 6.07) is 0. The van der Waals surface area contributed by atoms with Crippen molar-refractivity contribution in [2.75, 3.05) is 13.1 Å². The third-order valence-corrected chi connectivity index (χ3v) is 3.90. The van der Waals surface area contributed by atoms with Crippen LogP contribution in [0.1, 0.15) is 65.7 Å². The molecule has 2 N–H and O–H groups in total. The Morgan fingerprint density at radius 3 is 2.30 bits per heavy atom. The number of amides is 2. The summed E-state index contributed by atoms with van der Waals surface area (Å²) in [6.07, 6.45) is 8.17. The van der Waals surface area contributed by atoms with Crippen molar-refractivity contribution < 1.29 is 9.59 Å². The minimum Gasteiger partial charge on any atom is -0.356 e. The van der Waals surface area contributed by atoms with Crippen molar-refractivity contribution in [3.05, 3.63) is 0 Å². The topological polar surface area (TPSA) is 58.2 Å². The summed E-state index contributed by atoms with van der Waals surface area (Å²) in [5, 5.41) is 5.72. The van der Waals surface area contributed by atoms with Crippen molar-refractivity contribution in [1.82, 2.24) is 10.6 Å². The minimum absolute atomic E-state index is 0.00784. The van der Waals surface area contributed by atoms with Gasteiger partial charge < -0.3 is 10.6 Å². The monoisotopic (exact) mass is 282 g/mol. The number of rotatable bonds is 7. The Bertz CT molecular complexity index is 315. The van der Waals surface area contributed by atoms with Gasteiger partial charge in [-0.2, -0.15) is 0 Å². The van der Waals surface area contributed by atoms with Crippen molar-refractivity contribution in [3.63, 3.8) is 0 Å². The molecule has 0 radical (unpaired) electrons. The van der Waals surface area contributed by atoms with Crippen LogP contribution in [-0.4, -0.2) is 24.9 Å². The summed E-state index contributed by atoms with van der Waals surface area (Å²) in [4.78, 5) is 23.2. The van der Waals surface area contributed by atoms with Gasteiger partial charge in [0.05, 0.1) is 0 Å². The van der Waals surface area contributed by atoms with Crippen LogP contribution in [0.5, 0.6) is 0 Å². The van der Waals surface area contributed by atoms with Gasteiger partial charge >= 0.3 is 0 Å². The average Bonchev–Trinajstić information content (AvgIpc) is 2.86. The van der Waals surface area contributed by atoms with Crippen molar-refractivity contribution >= 4 is 11.8 Å². The van der Waals surface area contributed by atoms with E-state index >= 15 is 0 Å².